The lowest BCUT2D eigenvalue weighted by Gasteiger charge is -2.20. The number of aliphatic hydroxyl groups is 1. The Morgan fingerprint density at radius 1 is 1.11 bits per heavy atom. The number of carbonyl (C=O) groups excluding carboxylic acids is 2. The molecule has 1 atom stereocenters. The molecule has 2 N–H and O–H groups in total. The maximum absolute atomic E-state index is 13.3. The first-order chi connectivity index (χ1) is 16.7. The summed E-state index contributed by atoms with van der Waals surface area (Å²) in [5, 5.41) is 11.3. The quantitative estimate of drug-likeness (QED) is 0.236. The number of aryl methyl sites for hydroxylation is 2. The van der Waals surface area contributed by atoms with Crippen LogP contribution in [0.25, 0.3) is 16.8 Å². The SMILES string of the molecule is Cc1cc2nc(N3C(=O)C(=O)/C(=C(/O)c4cccc(OC(C)C)c4)C3c3ccco3)[nH]c2cc1C. The number of nitrogens with one attached hydrogen (secondary N) is 1. The molecular formula is C27H25N3O5. The standard InChI is InChI=1S/C27H25N3O5/c1-14(2)35-18-8-5-7-17(13-18)24(31)22-23(21-9-6-10-34-21)30(26(33)25(22)32)27-28-19-11-15(3)16(4)12-20(19)29-27/h5-14,23,31H,1-4H3,(H,28,29)/b24-22+. The highest BCUT2D eigenvalue weighted by Crippen LogP contribution is 2.42. The summed E-state index contributed by atoms with van der Waals surface area (Å²) in [7, 11) is 0. The Bertz CT molecular complexity index is 1440. The van der Waals surface area contributed by atoms with Gasteiger partial charge in [0.25, 0.3) is 5.78 Å². The molecule has 0 saturated carbocycles. The summed E-state index contributed by atoms with van der Waals surface area (Å²) < 4.78 is 11.3. The summed E-state index contributed by atoms with van der Waals surface area (Å²) in [6.07, 6.45) is 1.39. The first-order valence-electron chi connectivity index (χ1n) is 11.3. The molecule has 1 aliphatic heterocycles. The molecule has 3 heterocycles. The minimum atomic E-state index is -0.998. The average molecular weight is 472 g/mol. The molecule has 2 aromatic carbocycles. The van der Waals surface area contributed by atoms with Crippen LogP contribution in [0, 0.1) is 13.8 Å². The lowest BCUT2D eigenvalue weighted by Crippen LogP contribution is -2.30. The highest BCUT2D eigenvalue weighted by molar-refractivity contribution is 6.51. The summed E-state index contributed by atoms with van der Waals surface area (Å²) in [5.41, 5.74) is 3.81. The number of carbonyl (C=O) groups is 2. The zero-order valence-corrected chi connectivity index (χ0v) is 19.8. The van der Waals surface area contributed by atoms with Crippen molar-refractivity contribution >= 4 is 34.4 Å². The fourth-order valence-electron chi connectivity index (χ4n) is 4.28. The van der Waals surface area contributed by atoms with Crippen LogP contribution in [-0.4, -0.2) is 32.9 Å². The Morgan fingerprint density at radius 3 is 2.60 bits per heavy atom. The van der Waals surface area contributed by atoms with Crippen LogP contribution in [0.3, 0.4) is 0 Å². The van der Waals surface area contributed by atoms with Crippen molar-refractivity contribution < 1.29 is 23.8 Å². The van der Waals surface area contributed by atoms with Crippen LogP contribution < -0.4 is 9.64 Å². The van der Waals surface area contributed by atoms with Crippen molar-refractivity contribution in [3.8, 4) is 5.75 Å². The van der Waals surface area contributed by atoms with E-state index in [4.69, 9.17) is 9.15 Å². The number of fused-ring (bicyclic) bond motifs is 1. The topological polar surface area (TPSA) is 109 Å². The maximum atomic E-state index is 13.3. The zero-order valence-electron chi connectivity index (χ0n) is 19.8. The van der Waals surface area contributed by atoms with Crippen molar-refractivity contribution in [3.63, 3.8) is 0 Å². The van der Waals surface area contributed by atoms with Crippen molar-refractivity contribution in [2.75, 3.05) is 4.90 Å². The monoisotopic (exact) mass is 471 g/mol. The van der Waals surface area contributed by atoms with Gasteiger partial charge in [0.05, 0.1) is 29.0 Å². The van der Waals surface area contributed by atoms with Gasteiger partial charge in [-0.3, -0.25) is 14.5 Å². The van der Waals surface area contributed by atoms with Crippen LogP contribution in [0.5, 0.6) is 5.75 Å². The number of nitrogens with zero attached hydrogens (tertiary/aromatic N) is 2. The molecule has 1 fully saturated rings. The largest absolute Gasteiger partial charge is 0.507 e. The fraction of sp³-hybridized carbons (Fsp3) is 0.222. The molecule has 1 amide bonds. The molecule has 1 aliphatic rings. The number of aromatic amines is 1. The Balaban J connectivity index is 1.67. The molecule has 0 bridgehead atoms. The molecule has 2 aromatic heterocycles. The lowest BCUT2D eigenvalue weighted by molar-refractivity contribution is -0.132. The number of rotatable bonds is 5. The van der Waals surface area contributed by atoms with Gasteiger partial charge in [-0.25, -0.2) is 4.98 Å². The van der Waals surface area contributed by atoms with E-state index in [-0.39, 0.29) is 23.4 Å². The van der Waals surface area contributed by atoms with Gasteiger partial charge in [0.2, 0.25) is 5.95 Å². The number of H-pyrrole nitrogens is 1. The second kappa shape index (κ2) is 8.47. The van der Waals surface area contributed by atoms with E-state index in [9.17, 15) is 14.7 Å². The number of anilines is 1. The Kier molecular flexibility index (Phi) is 5.43. The molecule has 8 heteroatoms. The van der Waals surface area contributed by atoms with Crippen LogP contribution >= 0.6 is 0 Å². The van der Waals surface area contributed by atoms with E-state index in [0.29, 0.717) is 22.6 Å². The number of hydrogen-bond donors (Lipinski definition) is 2. The van der Waals surface area contributed by atoms with E-state index in [1.165, 1.54) is 11.2 Å². The van der Waals surface area contributed by atoms with Crippen LogP contribution in [0.4, 0.5) is 5.95 Å². The van der Waals surface area contributed by atoms with Crippen LogP contribution in [0.1, 0.15) is 42.3 Å². The lowest BCUT2D eigenvalue weighted by atomic mass is 9.99. The molecule has 8 nitrogen and oxygen atoms in total. The first-order valence-corrected chi connectivity index (χ1v) is 11.3. The number of benzene rings is 2. The summed E-state index contributed by atoms with van der Waals surface area (Å²) >= 11 is 0. The number of aliphatic hydroxyl groups excluding tert-OH is 1. The molecule has 35 heavy (non-hydrogen) atoms. The molecule has 4 aromatic rings. The molecule has 178 valence electrons. The van der Waals surface area contributed by atoms with Gasteiger partial charge in [-0.15, -0.1) is 0 Å². The Hall–Kier alpha value is -4.33. The number of aromatic nitrogens is 2. The Labute approximate surface area is 201 Å². The molecule has 0 aliphatic carbocycles. The molecule has 1 unspecified atom stereocenters. The van der Waals surface area contributed by atoms with Gasteiger partial charge in [-0.05, 0) is 75.2 Å². The third-order valence-electron chi connectivity index (χ3n) is 6.05. The van der Waals surface area contributed by atoms with Gasteiger partial charge in [0.15, 0.2) is 0 Å². The van der Waals surface area contributed by atoms with Crippen molar-refractivity contribution in [2.24, 2.45) is 0 Å². The number of furan rings is 1. The summed E-state index contributed by atoms with van der Waals surface area (Å²) in [4.78, 5) is 35.5. The van der Waals surface area contributed by atoms with E-state index in [1.807, 2.05) is 39.8 Å². The Morgan fingerprint density at radius 2 is 1.89 bits per heavy atom. The van der Waals surface area contributed by atoms with Gasteiger partial charge >= 0.3 is 5.91 Å². The number of hydrogen-bond acceptors (Lipinski definition) is 6. The van der Waals surface area contributed by atoms with Gasteiger partial charge in [-0.2, -0.15) is 0 Å². The smallest absolute Gasteiger partial charge is 0.302 e. The van der Waals surface area contributed by atoms with Crippen LogP contribution in [-0.2, 0) is 9.59 Å². The zero-order chi connectivity index (χ0) is 24.9. The molecule has 0 spiro atoms. The summed E-state index contributed by atoms with van der Waals surface area (Å²) in [5.74, 6) is -0.889. The van der Waals surface area contributed by atoms with Gasteiger partial charge in [0, 0.05) is 5.56 Å². The van der Waals surface area contributed by atoms with Gasteiger partial charge in [0.1, 0.15) is 23.3 Å². The van der Waals surface area contributed by atoms with Crippen molar-refractivity contribution in [3.05, 3.63) is 82.8 Å². The molecule has 1 saturated heterocycles. The van der Waals surface area contributed by atoms with Gasteiger partial charge in [-0.1, -0.05) is 12.1 Å². The third kappa shape index (κ3) is 3.86. The number of imidazole rings is 1. The third-order valence-corrected chi connectivity index (χ3v) is 6.05. The highest BCUT2D eigenvalue weighted by atomic mass is 16.5. The summed E-state index contributed by atoms with van der Waals surface area (Å²) in [6, 6.07) is 13.0. The predicted octanol–water partition coefficient (Wildman–Crippen LogP) is 5.19. The van der Waals surface area contributed by atoms with E-state index >= 15 is 0 Å². The fourth-order valence-corrected chi connectivity index (χ4v) is 4.28. The molecule has 0 radical (unpaired) electrons. The van der Waals surface area contributed by atoms with E-state index in [1.54, 1.807) is 36.4 Å². The second-order valence-electron chi connectivity index (χ2n) is 8.89. The van der Waals surface area contributed by atoms with Crippen molar-refractivity contribution in [1.29, 1.82) is 0 Å². The number of ether oxygens (including phenoxy) is 1. The molecular weight excluding hydrogens is 446 g/mol. The normalized spacial score (nSPS) is 17.6. The first kappa shape index (κ1) is 22.5. The molecule has 5 rings (SSSR count). The number of ketones is 1. The predicted molar refractivity (Wildman–Crippen MR) is 131 cm³/mol. The van der Waals surface area contributed by atoms with Gasteiger partial charge < -0.3 is 19.2 Å². The highest BCUT2D eigenvalue weighted by Gasteiger charge is 2.49. The van der Waals surface area contributed by atoms with E-state index < -0.39 is 17.7 Å². The number of amides is 1. The van der Waals surface area contributed by atoms with E-state index in [0.717, 1.165) is 16.6 Å². The second-order valence-corrected chi connectivity index (χ2v) is 8.89. The van der Waals surface area contributed by atoms with Crippen molar-refractivity contribution in [2.45, 2.75) is 39.8 Å². The average Bonchev–Trinajstić information content (AvgIpc) is 3.53. The van der Waals surface area contributed by atoms with Crippen molar-refractivity contribution in [1.82, 2.24) is 9.97 Å². The maximum Gasteiger partial charge on any atom is 0.302 e. The summed E-state index contributed by atoms with van der Waals surface area (Å²) in [6.45, 7) is 7.76. The minimum absolute atomic E-state index is 0.0681. The van der Waals surface area contributed by atoms with Crippen LogP contribution in [0.15, 0.2) is 64.8 Å². The number of Topliss-reactive ketones (excluding diaryl/α,β-unsaturated/α-hetero) is 1. The van der Waals surface area contributed by atoms with E-state index in [2.05, 4.69) is 9.97 Å². The minimum Gasteiger partial charge on any atom is -0.507 e. The van der Waals surface area contributed by atoms with Crippen LogP contribution in [0.2, 0.25) is 0 Å².